The van der Waals surface area contributed by atoms with Gasteiger partial charge in [-0.25, -0.2) is 0 Å². The molecule has 4 aliphatic rings. The quantitative estimate of drug-likeness (QED) is 0.470. The molecule has 4 aliphatic heterocycles. The van der Waals surface area contributed by atoms with Gasteiger partial charge in [-0.3, -0.25) is 14.4 Å². The van der Waals surface area contributed by atoms with E-state index in [0.29, 0.717) is 19.5 Å². The van der Waals surface area contributed by atoms with Crippen LogP contribution in [0.4, 0.5) is 5.69 Å². The van der Waals surface area contributed by atoms with Crippen molar-refractivity contribution in [2.75, 3.05) is 24.6 Å². The second-order valence-corrected chi connectivity index (χ2v) is 14.7. The lowest BCUT2D eigenvalue weighted by atomic mass is 9.77. The fraction of sp³-hybridized carbons (Fsp3) is 0.486. The van der Waals surface area contributed by atoms with Crippen molar-refractivity contribution in [2.45, 2.75) is 76.8 Å². The molecule has 0 bridgehead atoms. The van der Waals surface area contributed by atoms with E-state index in [4.69, 9.17) is 4.74 Å². The maximum Gasteiger partial charge on any atom is 0.249 e. The molecule has 2 fully saturated rings. The van der Waals surface area contributed by atoms with Crippen LogP contribution < -0.4 is 4.90 Å². The van der Waals surface area contributed by atoms with E-state index in [1.165, 1.54) is 0 Å². The fourth-order valence-electron chi connectivity index (χ4n) is 8.38. The Morgan fingerprint density at radius 3 is 2.20 bits per heavy atom. The highest BCUT2D eigenvalue weighted by atomic mass is 16.5. The Labute approximate surface area is 266 Å². The normalized spacial score (nSPS) is 28.9. The number of aliphatic hydroxyl groups is 1. The van der Waals surface area contributed by atoms with Crippen LogP contribution in [0.15, 0.2) is 85.0 Å². The molecule has 0 aliphatic carbocycles. The maximum atomic E-state index is 15.0. The Kier molecular flexibility index (Phi) is 8.02. The first-order chi connectivity index (χ1) is 21.4. The van der Waals surface area contributed by atoms with E-state index < -0.39 is 41.2 Å². The van der Waals surface area contributed by atoms with Crippen LogP contribution >= 0.6 is 0 Å². The molecule has 6 atom stereocenters. The number of amides is 3. The minimum atomic E-state index is -1.36. The molecule has 1 unspecified atom stereocenters. The molecule has 0 aromatic heterocycles. The summed E-state index contributed by atoms with van der Waals surface area (Å²) in [7, 11) is 0. The second kappa shape index (κ2) is 11.6. The molecule has 6 rings (SSSR count). The number of nitrogens with zero attached hydrogens (tertiary/aromatic N) is 3. The van der Waals surface area contributed by atoms with Crippen LogP contribution in [0.2, 0.25) is 0 Å². The molecule has 45 heavy (non-hydrogen) atoms. The summed E-state index contributed by atoms with van der Waals surface area (Å²) in [5.74, 6) is -2.50. The highest BCUT2D eigenvalue weighted by Crippen LogP contribution is 2.54. The maximum absolute atomic E-state index is 15.0. The number of anilines is 1. The molecule has 8 nitrogen and oxygen atoms in total. The Morgan fingerprint density at radius 1 is 0.889 bits per heavy atom. The third kappa shape index (κ3) is 5.42. The lowest BCUT2D eigenvalue weighted by Gasteiger charge is -2.45. The first-order valence-corrected chi connectivity index (χ1v) is 16.0. The number of aliphatic hydroxyl groups excluding tert-OH is 1. The van der Waals surface area contributed by atoms with Crippen LogP contribution in [-0.2, 0) is 25.5 Å². The van der Waals surface area contributed by atoms with Crippen molar-refractivity contribution >= 4 is 23.4 Å². The lowest BCUT2D eigenvalue weighted by Crippen LogP contribution is -2.62. The third-order valence-electron chi connectivity index (χ3n) is 9.78. The van der Waals surface area contributed by atoms with Crippen LogP contribution in [0.3, 0.4) is 0 Å². The van der Waals surface area contributed by atoms with Crippen LogP contribution in [-0.4, -0.2) is 81.7 Å². The number of carbonyl (C=O) groups excluding carboxylic acids is 3. The Morgan fingerprint density at radius 2 is 1.56 bits per heavy atom. The molecule has 0 radical (unpaired) electrons. The monoisotopic (exact) mass is 611 g/mol. The van der Waals surface area contributed by atoms with Crippen molar-refractivity contribution in [1.29, 1.82) is 0 Å². The molecular weight excluding hydrogens is 566 g/mol. The topological polar surface area (TPSA) is 90.4 Å². The van der Waals surface area contributed by atoms with Crippen LogP contribution in [0.5, 0.6) is 0 Å². The average Bonchev–Trinajstić information content (AvgIpc) is 3.30. The predicted octanol–water partition coefficient (Wildman–Crippen LogP) is 4.39. The second-order valence-electron chi connectivity index (χ2n) is 14.7. The van der Waals surface area contributed by atoms with Crippen molar-refractivity contribution in [3.8, 4) is 0 Å². The average molecular weight is 612 g/mol. The molecule has 238 valence electrons. The Bertz CT molecular complexity index is 1500. The van der Waals surface area contributed by atoms with Gasteiger partial charge in [-0.1, -0.05) is 93.6 Å². The summed E-state index contributed by atoms with van der Waals surface area (Å²) in [5.41, 5.74) is -0.261. The van der Waals surface area contributed by atoms with E-state index >= 15 is 0 Å². The number of rotatable bonds is 7. The first-order valence-electron chi connectivity index (χ1n) is 16.0. The van der Waals surface area contributed by atoms with Crippen LogP contribution in [0, 0.1) is 17.3 Å². The molecule has 1 N–H and O–H groups in total. The van der Waals surface area contributed by atoms with Gasteiger partial charge in [-0.2, -0.15) is 0 Å². The van der Waals surface area contributed by atoms with Gasteiger partial charge in [-0.05, 0) is 49.8 Å². The molecule has 2 aromatic rings. The number of fused-ring (bicyclic) bond motifs is 2. The van der Waals surface area contributed by atoms with Gasteiger partial charge in [-0.15, -0.1) is 0 Å². The highest BCUT2D eigenvalue weighted by Gasteiger charge is 2.73. The molecule has 1 spiro atoms. The number of para-hydroxylation sites is 1. The zero-order chi connectivity index (χ0) is 32.1. The summed E-state index contributed by atoms with van der Waals surface area (Å²) in [4.78, 5) is 49.4. The van der Waals surface area contributed by atoms with Crippen molar-refractivity contribution in [3.05, 3.63) is 90.5 Å². The molecule has 4 heterocycles. The third-order valence-corrected chi connectivity index (χ3v) is 9.78. The van der Waals surface area contributed by atoms with E-state index in [1.54, 1.807) is 9.80 Å². The van der Waals surface area contributed by atoms with Gasteiger partial charge in [0.1, 0.15) is 11.6 Å². The van der Waals surface area contributed by atoms with E-state index in [2.05, 4.69) is 34.6 Å². The summed E-state index contributed by atoms with van der Waals surface area (Å²) in [5, 5.41) is 10.8. The lowest BCUT2D eigenvalue weighted by molar-refractivity contribution is -0.154. The molecule has 2 saturated heterocycles. The number of hydrogen-bond donors (Lipinski definition) is 1. The molecule has 3 amide bonds. The Hall–Kier alpha value is -3.75. The molecule has 2 aromatic carbocycles. The van der Waals surface area contributed by atoms with Gasteiger partial charge in [0.05, 0.1) is 30.6 Å². The van der Waals surface area contributed by atoms with Crippen LogP contribution in [0.1, 0.15) is 46.6 Å². The van der Waals surface area contributed by atoms with Gasteiger partial charge in [0.25, 0.3) is 0 Å². The summed E-state index contributed by atoms with van der Waals surface area (Å²) in [6.45, 7) is 11.0. The molecule has 0 saturated carbocycles. The number of likely N-dealkylation sites (tertiary alicyclic amines) is 1. The smallest absolute Gasteiger partial charge is 0.249 e. The van der Waals surface area contributed by atoms with Crippen LogP contribution in [0.25, 0.3) is 0 Å². The van der Waals surface area contributed by atoms with Crippen molar-refractivity contribution < 1.29 is 24.2 Å². The number of carbonyl (C=O) groups is 3. The van der Waals surface area contributed by atoms with E-state index in [9.17, 15) is 19.5 Å². The first kappa shape index (κ1) is 31.2. The summed E-state index contributed by atoms with van der Waals surface area (Å²) < 4.78 is 6.86. The fourth-order valence-corrected chi connectivity index (χ4v) is 8.38. The standard InChI is InChI=1S/C37H45N3O5/c1-35(2,3)24-36(4,5)39-21-13-19-37-30(29-28(45-37)18-12-20-38(32(29)42)26-16-10-7-11-17-26)33(43)40(31(37)34(39)44)27(23-41)22-25-14-8-6-9-15-25/h6-19,27-31,41H,20-24H2,1-5H3/t27-,28+,29-,30+,31?,37+/m1/s1. The summed E-state index contributed by atoms with van der Waals surface area (Å²) in [6.07, 6.45) is 8.05. The SMILES string of the molecule is CC(C)(C)CC(C)(C)N1CC=C[C@]23O[C@H]4C=CCN(c5ccccc5)C(=O)[C@H]4[C@H]2C(=O)N([C@@H](CO)Cc2ccccc2)C3C1=O. The van der Waals surface area contributed by atoms with Gasteiger partial charge in [0.2, 0.25) is 17.7 Å². The largest absolute Gasteiger partial charge is 0.394 e. The van der Waals surface area contributed by atoms with E-state index in [1.807, 2.05) is 89.9 Å². The van der Waals surface area contributed by atoms with Crippen molar-refractivity contribution in [1.82, 2.24) is 9.80 Å². The van der Waals surface area contributed by atoms with Gasteiger partial charge < -0.3 is 24.5 Å². The number of ether oxygens (including phenoxy) is 1. The number of hydrogen-bond acceptors (Lipinski definition) is 5. The zero-order valence-corrected chi connectivity index (χ0v) is 26.9. The van der Waals surface area contributed by atoms with E-state index in [-0.39, 0.29) is 29.7 Å². The van der Waals surface area contributed by atoms with Gasteiger partial charge in [0.15, 0.2) is 0 Å². The summed E-state index contributed by atoms with van der Waals surface area (Å²) >= 11 is 0. The minimum absolute atomic E-state index is 0.0543. The van der Waals surface area contributed by atoms with Crippen molar-refractivity contribution in [3.63, 3.8) is 0 Å². The number of benzene rings is 2. The molecule has 8 heteroatoms. The minimum Gasteiger partial charge on any atom is -0.394 e. The highest BCUT2D eigenvalue weighted by molar-refractivity contribution is 6.04. The summed E-state index contributed by atoms with van der Waals surface area (Å²) in [6, 6.07) is 17.4. The van der Waals surface area contributed by atoms with Crippen molar-refractivity contribution in [2.24, 2.45) is 17.3 Å². The van der Waals surface area contributed by atoms with Gasteiger partial charge in [0, 0.05) is 24.3 Å². The Balaban J connectivity index is 1.46. The van der Waals surface area contributed by atoms with Gasteiger partial charge >= 0.3 is 0 Å². The van der Waals surface area contributed by atoms with E-state index in [0.717, 1.165) is 17.7 Å². The predicted molar refractivity (Wildman–Crippen MR) is 173 cm³/mol. The molecular formula is C37H45N3O5. The zero-order valence-electron chi connectivity index (χ0n) is 26.9.